The number of nitrogens with one attached hydrogen (secondary N) is 1. The van der Waals surface area contributed by atoms with Gasteiger partial charge in [-0.2, -0.15) is 0 Å². The number of para-hydroxylation sites is 1. The van der Waals surface area contributed by atoms with Crippen LogP contribution in [0.15, 0.2) is 53.4 Å². The monoisotopic (exact) mass is 364 g/mol. The molecule has 0 saturated heterocycles. The highest BCUT2D eigenvalue weighted by Crippen LogP contribution is 2.29. The molecule has 2 aromatic carbocycles. The van der Waals surface area contributed by atoms with Crippen molar-refractivity contribution >= 4 is 15.7 Å². The Kier molecular flexibility index (Phi) is 6.66. The van der Waals surface area contributed by atoms with E-state index in [9.17, 15) is 8.42 Å². The summed E-state index contributed by atoms with van der Waals surface area (Å²) in [4.78, 5) is 2.24. The molecule has 0 bridgehead atoms. The lowest BCUT2D eigenvalue weighted by molar-refractivity contribution is 0.354. The molecule has 0 atom stereocenters. The largest absolute Gasteiger partial charge is 0.493 e. The van der Waals surface area contributed by atoms with Crippen LogP contribution < -0.4 is 19.1 Å². The van der Waals surface area contributed by atoms with Gasteiger partial charge >= 0.3 is 0 Å². The van der Waals surface area contributed by atoms with E-state index < -0.39 is 10.0 Å². The second-order valence-corrected chi connectivity index (χ2v) is 7.29. The van der Waals surface area contributed by atoms with E-state index >= 15 is 0 Å². The molecule has 0 spiro atoms. The lowest BCUT2D eigenvalue weighted by atomic mass is 10.3. The Hall–Kier alpha value is -2.25. The van der Waals surface area contributed by atoms with E-state index in [1.165, 1.54) is 26.4 Å². The van der Waals surface area contributed by atoms with E-state index in [2.05, 4.69) is 9.62 Å². The summed E-state index contributed by atoms with van der Waals surface area (Å²) in [6.45, 7) is 1.10. The highest BCUT2D eigenvalue weighted by atomic mass is 32.2. The summed E-state index contributed by atoms with van der Waals surface area (Å²) >= 11 is 0. The second-order valence-electron chi connectivity index (χ2n) is 5.53. The predicted molar refractivity (Wildman–Crippen MR) is 99.1 cm³/mol. The van der Waals surface area contributed by atoms with E-state index in [4.69, 9.17) is 9.47 Å². The van der Waals surface area contributed by atoms with Gasteiger partial charge in [0.1, 0.15) is 0 Å². The Morgan fingerprint density at radius 3 is 2.32 bits per heavy atom. The van der Waals surface area contributed by atoms with Gasteiger partial charge in [-0.3, -0.25) is 0 Å². The Bertz CT molecular complexity index is 779. The molecule has 0 unspecified atom stereocenters. The molecule has 0 heterocycles. The average Bonchev–Trinajstić information content (AvgIpc) is 2.65. The van der Waals surface area contributed by atoms with Crippen molar-refractivity contribution in [1.29, 1.82) is 0 Å². The highest BCUT2D eigenvalue weighted by molar-refractivity contribution is 7.89. The first-order chi connectivity index (χ1) is 12.0. The fourth-order valence-electron chi connectivity index (χ4n) is 2.40. The molecular weight excluding hydrogens is 340 g/mol. The van der Waals surface area contributed by atoms with Crippen molar-refractivity contribution in [3.8, 4) is 11.5 Å². The number of methoxy groups -OCH3 is 2. The third-order valence-corrected chi connectivity index (χ3v) is 5.28. The molecule has 0 saturated carbocycles. The Morgan fingerprint density at radius 2 is 1.68 bits per heavy atom. The van der Waals surface area contributed by atoms with Gasteiger partial charge in [0.15, 0.2) is 11.5 Å². The fourth-order valence-corrected chi connectivity index (χ4v) is 3.49. The van der Waals surface area contributed by atoms with Crippen molar-refractivity contribution in [2.45, 2.75) is 11.3 Å². The molecule has 2 aromatic rings. The fraction of sp³-hybridized carbons (Fsp3) is 0.333. The minimum absolute atomic E-state index is 0.154. The van der Waals surface area contributed by atoms with Gasteiger partial charge in [0.2, 0.25) is 10.0 Å². The maximum atomic E-state index is 12.4. The molecule has 0 aliphatic heterocycles. The molecule has 6 nitrogen and oxygen atoms in total. The van der Waals surface area contributed by atoms with Crippen LogP contribution in [-0.2, 0) is 10.0 Å². The summed E-state index contributed by atoms with van der Waals surface area (Å²) in [7, 11) is 1.38. The molecular formula is C18H24N2O4S. The van der Waals surface area contributed by atoms with Crippen LogP contribution in [0.5, 0.6) is 11.5 Å². The van der Waals surface area contributed by atoms with E-state index in [1.54, 1.807) is 6.07 Å². The van der Waals surface area contributed by atoms with Crippen LogP contribution in [0.3, 0.4) is 0 Å². The number of hydrogen-bond acceptors (Lipinski definition) is 5. The van der Waals surface area contributed by atoms with Gasteiger partial charge in [0, 0.05) is 31.9 Å². The van der Waals surface area contributed by atoms with Gasteiger partial charge < -0.3 is 14.4 Å². The first-order valence-corrected chi connectivity index (χ1v) is 9.44. The van der Waals surface area contributed by atoms with Crippen molar-refractivity contribution in [3.05, 3.63) is 48.5 Å². The van der Waals surface area contributed by atoms with Crippen molar-refractivity contribution in [3.63, 3.8) is 0 Å². The highest BCUT2D eigenvalue weighted by Gasteiger charge is 2.16. The third-order valence-electron chi connectivity index (χ3n) is 3.82. The summed E-state index contributed by atoms with van der Waals surface area (Å²) in [5, 5.41) is 0. The molecule has 0 aliphatic rings. The van der Waals surface area contributed by atoms with Crippen molar-refractivity contribution in [2.24, 2.45) is 0 Å². The molecule has 0 aromatic heterocycles. The summed E-state index contributed by atoms with van der Waals surface area (Å²) < 4.78 is 37.7. The number of sulfonamides is 1. The molecule has 136 valence electrons. The van der Waals surface area contributed by atoms with Crippen LogP contribution in [0.25, 0.3) is 0 Å². The van der Waals surface area contributed by atoms with Crippen LogP contribution in [0.2, 0.25) is 0 Å². The lowest BCUT2D eigenvalue weighted by Gasteiger charge is -2.19. The molecule has 25 heavy (non-hydrogen) atoms. The van der Waals surface area contributed by atoms with Gasteiger partial charge in [-0.05, 0) is 30.7 Å². The van der Waals surface area contributed by atoms with Gasteiger partial charge in [-0.25, -0.2) is 13.1 Å². The molecule has 7 heteroatoms. The first-order valence-electron chi connectivity index (χ1n) is 7.96. The summed E-state index contributed by atoms with van der Waals surface area (Å²) in [6.07, 6.45) is 0.692. The molecule has 0 amide bonds. The van der Waals surface area contributed by atoms with Crippen LogP contribution in [0.1, 0.15) is 6.42 Å². The summed E-state index contributed by atoms with van der Waals surface area (Å²) in [6, 6.07) is 14.5. The third kappa shape index (κ3) is 5.11. The number of hydrogen-bond donors (Lipinski definition) is 1. The van der Waals surface area contributed by atoms with Crippen LogP contribution in [-0.4, -0.2) is 42.8 Å². The minimum Gasteiger partial charge on any atom is -0.493 e. The maximum Gasteiger partial charge on any atom is 0.240 e. The topological polar surface area (TPSA) is 67.9 Å². The van der Waals surface area contributed by atoms with Crippen LogP contribution in [0.4, 0.5) is 5.69 Å². The average molecular weight is 364 g/mol. The number of benzene rings is 2. The standard InChI is InChI=1S/C18H24N2O4S/c1-20(15-8-5-4-6-9-15)13-7-12-19-25(21,22)16-10-11-17(23-2)18(14-16)24-3/h4-6,8-11,14,19H,7,12-13H2,1-3H3. The Morgan fingerprint density at radius 1 is 1.00 bits per heavy atom. The Labute approximate surface area is 149 Å². The zero-order valence-electron chi connectivity index (χ0n) is 14.7. The van der Waals surface area contributed by atoms with Crippen molar-refractivity contribution in [2.75, 3.05) is 39.3 Å². The minimum atomic E-state index is -3.58. The Balaban J connectivity index is 1.91. The number of anilines is 1. The first kappa shape index (κ1) is 19.1. The second kappa shape index (κ2) is 8.73. The SMILES string of the molecule is COc1ccc(S(=O)(=O)NCCCN(C)c2ccccc2)cc1OC. The normalized spacial score (nSPS) is 11.2. The van der Waals surface area contributed by atoms with Gasteiger partial charge in [-0.15, -0.1) is 0 Å². The van der Waals surface area contributed by atoms with Gasteiger partial charge in [0.25, 0.3) is 0 Å². The predicted octanol–water partition coefficient (Wildman–Crippen LogP) is 2.51. The van der Waals surface area contributed by atoms with Crippen molar-refractivity contribution < 1.29 is 17.9 Å². The summed E-state index contributed by atoms with van der Waals surface area (Å²) in [5.74, 6) is 0.875. The lowest BCUT2D eigenvalue weighted by Crippen LogP contribution is -2.28. The molecule has 0 aliphatic carbocycles. The molecule has 2 rings (SSSR count). The number of rotatable bonds is 9. The maximum absolute atomic E-state index is 12.4. The van der Waals surface area contributed by atoms with E-state index in [0.29, 0.717) is 24.5 Å². The summed E-state index contributed by atoms with van der Waals surface area (Å²) in [5.41, 5.74) is 1.10. The number of nitrogens with zero attached hydrogens (tertiary/aromatic N) is 1. The van der Waals surface area contributed by atoms with E-state index in [0.717, 1.165) is 12.2 Å². The zero-order chi connectivity index (χ0) is 18.3. The van der Waals surface area contributed by atoms with Crippen LogP contribution >= 0.6 is 0 Å². The van der Waals surface area contributed by atoms with E-state index in [1.807, 2.05) is 37.4 Å². The molecule has 0 fully saturated rings. The van der Waals surface area contributed by atoms with E-state index in [-0.39, 0.29) is 4.90 Å². The molecule has 1 N–H and O–H groups in total. The number of ether oxygens (including phenoxy) is 2. The van der Waals surface area contributed by atoms with Crippen molar-refractivity contribution in [1.82, 2.24) is 4.72 Å². The smallest absolute Gasteiger partial charge is 0.240 e. The van der Waals surface area contributed by atoms with Gasteiger partial charge in [0.05, 0.1) is 19.1 Å². The quantitative estimate of drug-likeness (QED) is 0.693. The van der Waals surface area contributed by atoms with Crippen LogP contribution in [0, 0.1) is 0 Å². The van der Waals surface area contributed by atoms with Gasteiger partial charge in [-0.1, -0.05) is 18.2 Å². The zero-order valence-corrected chi connectivity index (χ0v) is 15.5. The molecule has 0 radical (unpaired) electrons.